The minimum Gasteiger partial charge on any atom is -0.495 e. The molecule has 30 heavy (non-hydrogen) atoms. The molecule has 1 saturated heterocycles. The molecule has 1 aliphatic rings. The van der Waals surface area contributed by atoms with Crippen molar-refractivity contribution in [1.82, 2.24) is 29.8 Å². The molecule has 12 heteroatoms. The van der Waals surface area contributed by atoms with Crippen molar-refractivity contribution in [3.05, 3.63) is 53.8 Å². The highest BCUT2D eigenvalue weighted by Gasteiger charge is 2.33. The van der Waals surface area contributed by atoms with Gasteiger partial charge in [0.05, 0.1) is 19.3 Å². The highest BCUT2D eigenvalue weighted by Crippen LogP contribution is 2.30. The minimum atomic E-state index is -3.83. The molecule has 0 spiro atoms. The summed E-state index contributed by atoms with van der Waals surface area (Å²) in [5.41, 5.74) is 0.769. The summed E-state index contributed by atoms with van der Waals surface area (Å²) in [4.78, 5) is 0.0175. The SMILES string of the molecule is COc1ccc(Cl)cc1S(=O)(=O)N1CC[N]C(Oc2ccc(-n3cnnn3)cc2)C1. The number of sulfonamides is 1. The number of halogens is 1. The Morgan fingerprint density at radius 2 is 1.97 bits per heavy atom. The standard InChI is InChI=1S/C18H18ClN6O4S/c1-28-16-7-2-13(19)10-17(16)30(26,27)24-9-8-20-18(11-24)29-15-5-3-14(4-6-15)25-12-21-22-23-25/h2-7,10,12,18H,8-9,11H2,1H3. The maximum absolute atomic E-state index is 13.2. The molecule has 157 valence electrons. The maximum atomic E-state index is 13.2. The van der Waals surface area contributed by atoms with Crippen LogP contribution in [-0.2, 0) is 10.0 Å². The van der Waals surface area contributed by atoms with E-state index in [1.807, 2.05) is 0 Å². The molecule has 1 radical (unpaired) electrons. The number of benzene rings is 2. The number of piperazine rings is 1. The molecule has 2 heterocycles. The van der Waals surface area contributed by atoms with Crippen LogP contribution in [0.15, 0.2) is 53.7 Å². The van der Waals surface area contributed by atoms with E-state index in [-0.39, 0.29) is 23.7 Å². The molecule has 4 rings (SSSR count). The van der Waals surface area contributed by atoms with Gasteiger partial charge in [0.15, 0.2) is 6.23 Å². The first-order valence-corrected chi connectivity index (χ1v) is 10.8. The summed E-state index contributed by atoms with van der Waals surface area (Å²) < 4.78 is 40.3. The maximum Gasteiger partial charge on any atom is 0.247 e. The molecule has 0 amide bonds. The summed E-state index contributed by atoms with van der Waals surface area (Å²) >= 11 is 6.01. The Morgan fingerprint density at radius 1 is 1.17 bits per heavy atom. The molecule has 10 nitrogen and oxygen atoms in total. The van der Waals surface area contributed by atoms with Crippen LogP contribution >= 0.6 is 11.6 Å². The van der Waals surface area contributed by atoms with Crippen LogP contribution in [0.25, 0.3) is 5.69 Å². The van der Waals surface area contributed by atoms with E-state index in [4.69, 9.17) is 21.1 Å². The van der Waals surface area contributed by atoms with Crippen LogP contribution in [0, 0.1) is 0 Å². The number of hydrogen-bond donors (Lipinski definition) is 0. The van der Waals surface area contributed by atoms with Gasteiger partial charge in [0.25, 0.3) is 0 Å². The summed E-state index contributed by atoms with van der Waals surface area (Å²) in [5.74, 6) is 0.790. The van der Waals surface area contributed by atoms with Gasteiger partial charge in [0, 0.05) is 18.1 Å². The first-order chi connectivity index (χ1) is 14.5. The number of hydrogen-bond acceptors (Lipinski definition) is 7. The zero-order chi connectivity index (χ0) is 21.1. The predicted octanol–water partition coefficient (Wildman–Crippen LogP) is 1.34. The van der Waals surface area contributed by atoms with Gasteiger partial charge in [0.2, 0.25) is 10.0 Å². The Labute approximate surface area is 178 Å². The summed E-state index contributed by atoms with van der Waals surface area (Å²) in [6, 6.07) is 11.6. The van der Waals surface area contributed by atoms with E-state index < -0.39 is 16.3 Å². The quantitative estimate of drug-likeness (QED) is 0.557. The smallest absolute Gasteiger partial charge is 0.247 e. The van der Waals surface area contributed by atoms with Crippen LogP contribution in [-0.4, -0.2) is 65.9 Å². The average molecular weight is 450 g/mol. The van der Waals surface area contributed by atoms with Crippen molar-refractivity contribution in [3.8, 4) is 17.2 Å². The van der Waals surface area contributed by atoms with Crippen LogP contribution in [0.2, 0.25) is 5.02 Å². The molecule has 1 unspecified atom stereocenters. The molecule has 2 aromatic carbocycles. The number of nitrogens with zero attached hydrogens (tertiary/aromatic N) is 6. The lowest BCUT2D eigenvalue weighted by molar-refractivity contribution is 0.106. The highest BCUT2D eigenvalue weighted by atomic mass is 35.5. The minimum absolute atomic E-state index is 0.0175. The van der Waals surface area contributed by atoms with Gasteiger partial charge in [-0.2, -0.15) is 9.62 Å². The molecule has 1 atom stereocenters. The fourth-order valence-corrected chi connectivity index (χ4v) is 4.88. The highest BCUT2D eigenvalue weighted by molar-refractivity contribution is 7.89. The van der Waals surface area contributed by atoms with Crippen LogP contribution in [0.5, 0.6) is 11.5 Å². The third kappa shape index (κ3) is 4.24. The van der Waals surface area contributed by atoms with Gasteiger partial charge in [-0.25, -0.2) is 13.1 Å². The molecule has 1 aromatic heterocycles. The van der Waals surface area contributed by atoms with Crippen molar-refractivity contribution in [1.29, 1.82) is 0 Å². The summed E-state index contributed by atoms with van der Waals surface area (Å²) in [7, 11) is -2.42. The normalized spacial score (nSPS) is 17.6. The van der Waals surface area contributed by atoms with Gasteiger partial charge >= 0.3 is 0 Å². The predicted molar refractivity (Wildman–Crippen MR) is 107 cm³/mol. The molecular weight excluding hydrogens is 432 g/mol. The van der Waals surface area contributed by atoms with Crippen molar-refractivity contribution in [3.63, 3.8) is 0 Å². The third-order valence-corrected chi connectivity index (χ3v) is 6.63. The number of methoxy groups -OCH3 is 1. The van der Waals surface area contributed by atoms with E-state index in [2.05, 4.69) is 20.8 Å². The molecule has 1 aliphatic heterocycles. The number of aromatic nitrogens is 4. The first-order valence-electron chi connectivity index (χ1n) is 8.98. The first kappa shape index (κ1) is 20.5. The molecule has 0 N–H and O–H groups in total. The van der Waals surface area contributed by atoms with Crippen LogP contribution in [0.1, 0.15) is 0 Å². The lowest BCUT2D eigenvalue weighted by atomic mass is 10.3. The molecule has 0 aliphatic carbocycles. The van der Waals surface area contributed by atoms with Crippen molar-refractivity contribution < 1.29 is 17.9 Å². The zero-order valence-electron chi connectivity index (χ0n) is 15.9. The summed E-state index contributed by atoms with van der Waals surface area (Å²) in [5, 5.41) is 15.7. The van der Waals surface area contributed by atoms with Gasteiger partial charge in [-0.05, 0) is 52.9 Å². The number of tetrazole rings is 1. The van der Waals surface area contributed by atoms with Crippen LogP contribution < -0.4 is 14.8 Å². The monoisotopic (exact) mass is 449 g/mol. The van der Waals surface area contributed by atoms with E-state index in [0.29, 0.717) is 17.3 Å². The number of ether oxygens (including phenoxy) is 2. The van der Waals surface area contributed by atoms with E-state index >= 15 is 0 Å². The van der Waals surface area contributed by atoms with Crippen molar-refractivity contribution in [2.24, 2.45) is 0 Å². The van der Waals surface area contributed by atoms with Crippen molar-refractivity contribution in [2.75, 3.05) is 26.7 Å². The average Bonchev–Trinajstić information content (AvgIpc) is 3.29. The van der Waals surface area contributed by atoms with Crippen molar-refractivity contribution >= 4 is 21.6 Å². The van der Waals surface area contributed by atoms with Crippen LogP contribution in [0.4, 0.5) is 0 Å². The number of rotatable bonds is 6. The third-order valence-electron chi connectivity index (χ3n) is 4.51. The summed E-state index contributed by atoms with van der Waals surface area (Å²) in [6.07, 6.45) is 0.844. The second kappa shape index (κ2) is 8.56. The lowest BCUT2D eigenvalue weighted by Gasteiger charge is -2.32. The van der Waals surface area contributed by atoms with Gasteiger partial charge in [0.1, 0.15) is 22.7 Å². The fourth-order valence-electron chi connectivity index (χ4n) is 3.03. The zero-order valence-corrected chi connectivity index (χ0v) is 17.5. The summed E-state index contributed by atoms with van der Waals surface area (Å²) in [6.45, 7) is 0.637. The fraction of sp³-hybridized carbons (Fsp3) is 0.278. The molecular formula is C18H18ClN6O4S. The Balaban J connectivity index is 1.49. The van der Waals surface area contributed by atoms with E-state index in [1.54, 1.807) is 30.3 Å². The van der Waals surface area contributed by atoms with E-state index in [1.165, 1.54) is 34.6 Å². The molecule has 0 bridgehead atoms. The Hall–Kier alpha value is -2.73. The van der Waals surface area contributed by atoms with Gasteiger partial charge < -0.3 is 9.47 Å². The van der Waals surface area contributed by atoms with E-state index in [0.717, 1.165) is 5.69 Å². The molecule has 3 aromatic rings. The Kier molecular flexibility index (Phi) is 5.86. The van der Waals surface area contributed by atoms with Gasteiger partial charge in [-0.3, -0.25) is 0 Å². The lowest BCUT2D eigenvalue weighted by Crippen LogP contribution is -2.51. The van der Waals surface area contributed by atoms with Gasteiger partial charge in [-0.15, -0.1) is 5.10 Å². The topological polar surface area (TPSA) is 114 Å². The van der Waals surface area contributed by atoms with Crippen molar-refractivity contribution in [2.45, 2.75) is 11.1 Å². The Bertz CT molecular complexity index is 1110. The second-order valence-electron chi connectivity index (χ2n) is 6.39. The Morgan fingerprint density at radius 3 is 2.67 bits per heavy atom. The van der Waals surface area contributed by atoms with E-state index in [9.17, 15) is 8.42 Å². The second-order valence-corrected chi connectivity index (χ2v) is 8.73. The van der Waals surface area contributed by atoms with Gasteiger partial charge in [-0.1, -0.05) is 11.6 Å². The largest absolute Gasteiger partial charge is 0.495 e. The molecule has 1 fully saturated rings. The van der Waals surface area contributed by atoms with Crippen LogP contribution in [0.3, 0.4) is 0 Å². The molecule has 0 saturated carbocycles.